The molecular weight excluding hydrogens is 312 g/mol. The van der Waals surface area contributed by atoms with Gasteiger partial charge in [-0.25, -0.2) is 9.59 Å². The normalized spacial score (nSPS) is 10.3. The summed E-state index contributed by atoms with van der Waals surface area (Å²) in [6.45, 7) is 4.18. The number of benzene rings is 1. The number of carbonyl (C=O) groups excluding carboxylic acids is 2. The van der Waals surface area contributed by atoms with E-state index in [4.69, 9.17) is 9.47 Å². The molecule has 0 unspecified atom stereocenters. The van der Waals surface area contributed by atoms with Crippen LogP contribution in [0.15, 0.2) is 35.0 Å². The summed E-state index contributed by atoms with van der Waals surface area (Å²) >= 11 is 1.64. The molecule has 0 bridgehead atoms. The summed E-state index contributed by atoms with van der Waals surface area (Å²) in [7, 11) is 0. The van der Waals surface area contributed by atoms with Crippen LogP contribution >= 0.6 is 11.3 Å². The van der Waals surface area contributed by atoms with E-state index in [1.54, 1.807) is 43.4 Å². The zero-order valence-electron chi connectivity index (χ0n) is 13.3. The van der Waals surface area contributed by atoms with Crippen LogP contribution in [0.2, 0.25) is 0 Å². The lowest BCUT2D eigenvalue weighted by atomic mass is 9.98. The molecule has 5 heteroatoms. The topological polar surface area (TPSA) is 52.6 Å². The lowest BCUT2D eigenvalue weighted by Gasteiger charge is -2.11. The van der Waals surface area contributed by atoms with Gasteiger partial charge in [0.05, 0.1) is 24.3 Å². The molecule has 0 spiro atoms. The highest BCUT2D eigenvalue weighted by atomic mass is 32.1. The summed E-state index contributed by atoms with van der Waals surface area (Å²) in [6.07, 6.45) is 1.47. The SMILES string of the molecule is CCOC(=O)c1ccc(C(=O)OCC)c(CCc2ccsc2)c1. The van der Waals surface area contributed by atoms with E-state index in [0.29, 0.717) is 30.8 Å². The van der Waals surface area contributed by atoms with Crippen LogP contribution in [0, 0.1) is 0 Å². The first kappa shape index (κ1) is 17.2. The first-order chi connectivity index (χ1) is 11.2. The van der Waals surface area contributed by atoms with Crippen LogP contribution in [-0.2, 0) is 22.3 Å². The van der Waals surface area contributed by atoms with Crippen molar-refractivity contribution in [1.29, 1.82) is 0 Å². The first-order valence-electron chi connectivity index (χ1n) is 7.64. The Morgan fingerprint density at radius 2 is 1.74 bits per heavy atom. The molecule has 2 aromatic rings. The van der Waals surface area contributed by atoms with Crippen molar-refractivity contribution in [2.75, 3.05) is 13.2 Å². The van der Waals surface area contributed by atoms with Crippen molar-refractivity contribution in [2.45, 2.75) is 26.7 Å². The van der Waals surface area contributed by atoms with Crippen molar-refractivity contribution in [3.8, 4) is 0 Å². The maximum absolute atomic E-state index is 12.1. The molecule has 4 nitrogen and oxygen atoms in total. The van der Waals surface area contributed by atoms with Gasteiger partial charge in [0.15, 0.2) is 0 Å². The summed E-state index contributed by atoms with van der Waals surface area (Å²) < 4.78 is 10.1. The van der Waals surface area contributed by atoms with Crippen LogP contribution in [0.1, 0.15) is 45.7 Å². The molecule has 0 radical (unpaired) electrons. The highest BCUT2D eigenvalue weighted by Crippen LogP contribution is 2.18. The van der Waals surface area contributed by atoms with Gasteiger partial charge < -0.3 is 9.47 Å². The maximum Gasteiger partial charge on any atom is 0.338 e. The van der Waals surface area contributed by atoms with E-state index in [9.17, 15) is 9.59 Å². The van der Waals surface area contributed by atoms with Crippen molar-refractivity contribution in [3.05, 3.63) is 57.3 Å². The second-order valence-corrected chi connectivity index (χ2v) is 5.72. The smallest absolute Gasteiger partial charge is 0.338 e. The van der Waals surface area contributed by atoms with Gasteiger partial charge in [-0.05, 0) is 72.8 Å². The third-order valence-corrected chi connectivity index (χ3v) is 4.11. The van der Waals surface area contributed by atoms with Crippen molar-refractivity contribution in [3.63, 3.8) is 0 Å². The van der Waals surface area contributed by atoms with Crippen LogP contribution in [0.4, 0.5) is 0 Å². The molecule has 2 rings (SSSR count). The molecular formula is C18H20O4S. The predicted molar refractivity (Wildman–Crippen MR) is 90.1 cm³/mol. The Morgan fingerprint density at radius 1 is 1.00 bits per heavy atom. The Labute approximate surface area is 140 Å². The van der Waals surface area contributed by atoms with Crippen LogP contribution in [-0.4, -0.2) is 25.2 Å². The number of carbonyl (C=O) groups is 2. The summed E-state index contributed by atoms with van der Waals surface area (Å²) in [4.78, 5) is 24.0. The zero-order chi connectivity index (χ0) is 16.7. The third-order valence-electron chi connectivity index (χ3n) is 3.37. The Kier molecular flexibility index (Phi) is 6.35. The number of thiophene rings is 1. The highest BCUT2D eigenvalue weighted by Gasteiger charge is 2.16. The molecule has 0 aliphatic carbocycles. The van der Waals surface area contributed by atoms with Crippen molar-refractivity contribution < 1.29 is 19.1 Å². The van der Waals surface area contributed by atoms with Gasteiger partial charge >= 0.3 is 11.9 Å². The van der Waals surface area contributed by atoms with Crippen LogP contribution in [0.3, 0.4) is 0 Å². The van der Waals surface area contributed by atoms with Gasteiger partial charge in [0.2, 0.25) is 0 Å². The number of hydrogen-bond acceptors (Lipinski definition) is 5. The monoisotopic (exact) mass is 332 g/mol. The summed E-state index contributed by atoms with van der Waals surface area (Å²) in [5.41, 5.74) is 2.99. The summed E-state index contributed by atoms with van der Waals surface area (Å²) in [5, 5.41) is 4.11. The Bertz CT molecular complexity index is 662. The Hall–Kier alpha value is -2.14. The minimum absolute atomic E-state index is 0.322. The minimum atomic E-state index is -0.375. The van der Waals surface area contributed by atoms with E-state index < -0.39 is 0 Å². The largest absolute Gasteiger partial charge is 0.462 e. The van der Waals surface area contributed by atoms with Crippen LogP contribution in [0.5, 0.6) is 0 Å². The molecule has 0 saturated carbocycles. The lowest BCUT2D eigenvalue weighted by Crippen LogP contribution is -2.11. The van der Waals surface area contributed by atoms with Gasteiger partial charge in [-0.1, -0.05) is 0 Å². The molecule has 0 saturated heterocycles. The van der Waals surface area contributed by atoms with E-state index in [-0.39, 0.29) is 11.9 Å². The van der Waals surface area contributed by atoms with Crippen LogP contribution in [0.25, 0.3) is 0 Å². The van der Waals surface area contributed by atoms with Gasteiger partial charge in [0.25, 0.3) is 0 Å². The van der Waals surface area contributed by atoms with E-state index >= 15 is 0 Å². The fourth-order valence-electron chi connectivity index (χ4n) is 2.26. The highest BCUT2D eigenvalue weighted by molar-refractivity contribution is 7.07. The van der Waals surface area contributed by atoms with Gasteiger partial charge in [-0.15, -0.1) is 0 Å². The second kappa shape index (κ2) is 8.48. The molecule has 1 heterocycles. The van der Waals surface area contributed by atoms with Gasteiger partial charge in [0.1, 0.15) is 0 Å². The fourth-order valence-corrected chi connectivity index (χ4v) is 2.97. The molecule has 23 heavy (non-hydrogen) atoms. The number of esters is 2. The van der Waals surface area contributed by atoms with Crippen molar-refractivity contribution in [2.24, 2.45) is 0 Å². The Balaban J connectivity index is 2.26. The van der Waals surface area contributed by atoms with E-state index in [0.717, 1.165) is 12.0 Å². The molecule has 122 valence electrons. The Morgan fingerprint density at radius 3 is 2.39 bits per heavy atom. The molecule has 0 fully saturated rings. The summed E-state index contributed by atoms with van der Waals surface area (Å²) in [5.74, 6) is -0.733. The zero-order valence-corrected chi connectivity index (χ0v) is 14.2. The molecule has 0 aliphatic rings. The molecule has 1 aromatic heterocycles. The van der Waals surface area contributed by atoms with E-state index in [1.165, 1.54) is 5.56 Å². The van der Waals surface area contributed by atoms with Gasteiger partial charge in [-0.2, -0.15) is 11.3 Å². The second-order valence-electron chi connectivity index (χ2n) is 4.94. The van der Waals surface area contributed by atoms with Crippen LogP contribution < -0.4 is 0 Å². The first-order valence-corrected chi connectivity index (χ1v) is 8.58. The van der Waals surface area contributed by atoms with E-state index in [1.807, 2.05) is 5.38 Å². The molecule has 0 atom stereocenters. The van der Waals surface area contributed by atoms with Crippen molar-refractivity contribution in [1.82, 2.24) is 0 Å². The standard InChI is InChI=1S/C18H20O4S/c1-3-21-17(19)15-7-8-16(18(20)22-4-2)14(11-15)6-5-13-9-10-23-12-13/h7-12H,3-6H2,1-2H3. The van der Waals surface area contributed by atoms with Crippen molar-refractivity contribution >= 4 is 23.3 Å². The number of rotatable bonds is 7. The van der Waals surface area contributed by atoms with Gasteiger partial charge in [0, 0.05) is 0 Å². The fraction of sp³-hybridized carbons (Fsp3) is 0.333. The summed E-state index contributed by atoms with van der Waals surface area (Å²) in [6, 6.07) is 7.05. The predicted octanol–water partition coefficient (Wildman–Crippen LogP) is 3.89. The lowest BCUT2D eigenvalue weighted by molar-refractivity contribution is 0.0510. The average molecular weight is 332 g/mol. The molecule has 1 aromatic carbocycles. The maximum atomic E-state index is 12.1. The molecule has 0 amide bonds. The number of aryl methyl sites for hydroxylation is 2. The quantitative estimate of drug-likeness (QED) is 0.722. The number of hydrogen-bond donors (Lipinski definition) is 0. The minimum Gasteiger partial charge on any atom is -0.462 e. The third kappa shape index (κ3) is 4.66. The number of ether oxygens (including phenoxy) is 2. The molecule has 0 aliphatic heterocycles. The van der Waals surface area contributed by atoms with Gasteiger partial charge in [-0.3, -0.25) is 0 Å². The average Bonchev–Trinajstić information content (AvgIpc) is 3.06. The van der Waals surface area contributed by atoms with E-state index in [2.05, 4.69) is 11.4 Å². The molecule has 0 N–H and O–H groups in total.